The van der Waals surface area contributed by atoms with Crippen molar-refractivity contribution in [1.82, 2.24) is 10.2 Å². The minimum absolute atomic E-state index is 0.0395. The number of benzene rings is 1. The van der Waals surface area contributed by atoms with Crippen LogP contribution in [-0.4, -0.2) is 29.9 Å². The molecule has 1 aliphatic rings. The number of hydrogen-bond donors (Lipinski definition) is 2. The Hall–Kier alpha value is -1.46. The van der Waals surface area contributed by atoms with Gasteiger partial charge in [-0.15, -0.1) is 0 Å². The molecule has 4 nitrogen and oxygen atoms in total. The van der Waals surface area contributed by atoms with Crippen molar-refractivity contribution in [3.63, 3.8) is 0 Å². The van der Waals surface area contributed by atoms with Crippen LogP contribution < -0.4 is 11.1 Å². The van der Waals surface area contributed by atoms with E-state index in [1.807, 2.05) is 6.92 Å². The molecule has 1 aliphatic heterocycles. The zero-order chi connectivity index (χ0) is 13.1. The van der Waals surface area contributed by atoms with E-state index in [0.717, 1.165) is 17.7 Å². The monoisotopic (exact) mass is 251 g/mol. The topological polar surface area (TPSA) is 58.4 Å². The number of rotatable bonds is 3. The van der Waals surface area contributed by atoms with Crippen molar-refractivity contribution in [2.45, 2.75) is 26.1 Å². The van der Waals surface area contributed by atoms with Crippen LogP contribution in [0.25, 0.3) is 0 Å². The van der Waals surface area contributed by atoms with Crippen molar-refractivity contribution >= 4 is 5.91 Å². The number of halogens is 1. The van der Waals surface area contributed by atoms with Crippen LogP contribution in [0.2, 0.25) is 0 Å². The molecule has 5 heteroatoms. The van der Waals surface area contributed by atoms with Gasteiger partial charge in [0.15, 0.2) is 0 Å². The van der Waals surface area contributed by atoms with Gasteiger partial charge in [-0.2, -0.15) is 0 Å². The Kier molecular flexibility index (Phi) is 3.93. The van der Waals surface area contributed by atoms with E-state index in [9.17, 15) is 9.18 Å². The first-order valence-electron chi connectivity index (χ1n) is 6.11. The first-order chi connectivity index (χ1) is 8.61. The van der Waals surface area contributed by atoms with Gasteiger partial charge in [0.25, 0.3) is 0 Å². The van der Waals surface area contributed by atoms with E-state index in [1.54, 1.807) is 6.07 Å². The van der Waals surface area contributed by atoms with Gasteiger partial charge >= 0.3 is 0 Å². The number of nitrogens with zero attached hydrogens (tertiary/aromatic N) is 1. The summed E-state index contributed by atoms with van der Waals surface area (Å²) in [7, 11) is 0. The van der Waals surface area contributed by atoms with Crippen molar-refractivity contribution in [1.29, 1.82) is 0 Å². The Morgan fingerprint density at radius 3 is 3.00 bits per heavy atom. The van der Waals surface area contributed by atoms with Gasteiger partial charge in [0.2, 0.25) is 5.91 Å². The highest BCUT2D eigenvalue weighted by molar-refractivity contribution is 5.81. The Bertz CT molecular complexity index is 450. The molecule has 3 N–H and O–H groups in total. The Morgan fingerprint density at radius 2 is 2.28 bits per heavy atom. The van der Waals surface area contributed by atoms with E-state index < -0.39 is 0 Å². The SMILES string of the molecule is CC1C(=O)NCCN1Cc1ccc(F)cc1CN. The van der Waals surface area contributed by atoms with E-state index in [2.05, 4.69) is 10.2 Å². The van der Waals surface area contributed by atoms with Crippen LogP contribution >= 0.6 is 0 Å². The summed E-state index contributed by atoms with van der Waals surface area (Å²) in [5.41, 5.74) is 7.41. The first-order valence-corrected chi connectivity index (χ1v) is 6.11. The van der Waals surface area contributed by atoms with E-state index in [-0.39, 0.29) is 17.8 Å². The Labute approximate surface area is 106 Å². The van der Waals surface area contributed by atoms with Crippen LogP contribution in [0.15, 0.2) is 18.2 Å². The number of amides is 1. The van der Waals surface area contributed by atoms with E-state index in [0.29, 0.717) is 19.6 Å². The summed E-state index contributed by atoms with van der Waals surface area (Å²) in [6, 6.07) is 4.48. The van der Waals surface area contributed by atoms with Crippen LogP contribution in [0.3, 0.4) is 0 Å². The van der Waals surface area contributed by atoms with Gasteiger partial charge in [-0.05, 0) is 30.2 Å². The third-order valence-electron chi connectivity index (χ3n) is 3.39. The standard InChI is InChI=1S/C13H18FN3O/c1-9-13(18)16-4-5-17(9)8-10-2-3-12(14)6-11(10)7-15/h2-3,6,9H,4-5,7-8,15H2,1H3,(H,16,18). The van der Waals surface area contributed by atoms with Gasteiger partial charge in [-0.1, -0.05) is 6.07 Å². The molecule has 1 aromatic carbocycles. The summed E-state index contributed by atoms with van der Waals surface area (Å²) in [6.07, 6.45) is 0. The summed E-state index contributed by atoms with van der Waals surface area (Å²) in [5, 5.41) is 2.82. The third kappa shape index (κ3) is 2.68. The second-order valence-electron chi connectivity index (χ2n) is 4.55. The molecule has 1 aromatic rings. The maximum absolute atomic E-state index is 13.1. The van der Waals surface area contributed by atoms with Gasteiger partial charge in [-0.3, -0.25) is 9.69 Å². The van der Waals surface area contributed by atoms with Crippen molar-refractivity contribution in [2.75, 3.05) is 13.1 Å². The molecule has 0 radical (unpaired) electrons. The molecule has 0 spiro atoms. The van der Waals surface area contributed by atoms with Crippen LogP contribution in [0, 0.1) is 5.82 Å². The average Bonchev–Trinajstić information content (AvgIpc) is 2.37. The summed E-state index contributed by atoms with van der Waals surface area (Å²) < 4.78 is 13.1. The number of hydrogen-bond acceptors (Lipinski definition) is 3. The minimum Gasteiger partial charge on any atom is -0.353 e. The smallest absolute Gasteiger partial charge is 0.237 e. The van der Waals surface area contributed by atoms with Crippen LogP contribution in [0.1, 0.15) is 18.1 Å². The molecule has 1 fully saturated rings. The van der Waals surface area contributed by atoms with E-state index >= 15 is 0 Å². The van der Waals surface area contributed by atoms with Crippen molar-refractivity contribution in [2.24, 2.45) is 5.73 Å². The predicted molar refractivity (Wildman–Crippen MR) is 67.2 cm³/mol. The third-order valence-corrected chi connectivity index (χ3v) is 3.39. The largest absolute Gasteiger partial charge is 0.353 e. The highest BCUT2D eigenvalue weighted by Gasteiger charge is 2.25. The van der Waals surface area contributed by atoms with Gasteiger partial charge in [0, 0.05) is 26.2 Å². The lowest BCUT2D eigenvalue weighted by atomic mass is 10.1. The molecule has 0 aromatic heterocycles. The molecular formula is C13H18FN3O. The van der Waals surface area contributed by atoms with E-state index in [1.165, 1.54) is 12.1 Å². The lowest BCUT2D eigenvalue weighted by Gasteiger charge is -2.33. The molecule has 1 amide bonds. The maximum Gasteiger partial charge on any atom is 0.237 e. The zero-order valence-corrected chi connectivity index (χ0v) is 10.4. The van der Waals surface area contributed by atoms with Crippen molar-refractivity contribution in [3.05, 3.63) is 35.1 Å². The molecule has 1 unspecified atom stereocenters. The molecule has 1 atom stereocenters. The summed E-state index contributed by atoms with van der Waals surface area (Å²) >= 11 is 0. The maximum atomic E-state index is 13.1. The van der Waals surface area contributed by atoms with Crippen molar-refractivity contribution in [3.8, 4) is 0 Å². The fraction of sp³-hybridized carbons (Fsp3) is 0.462. The first kappa shape index (κ1) is 13.0. The zero-order valence-electron chi connectivity index (χ0n) is 10.4. The Morgan fingerprint density at radius 1 is 1.50 bits per heavy atom. The summed E-state index contributed by atoms with van der Waals surface area (Å²) in [4.78, 5) is 13.6. The van der Waals surface area contributed by atoms with Crippen LogP contribution in [-0.2, 0) is 17.9 Å². The summed E-state index contributed by atoms with van der Waals surface area (Å²) in [5.74, 6) is -0.235. The quantitative estimate of drug-likeness (QED) is 0.827. The second-order valence-corrected chi connectivity index (χ2v) is 4.55. The Balaban J connectivity index is 2.15. The minimum atomic E-state index is -0.274. The molecule has 0 bridgehead atoms. The predicted octanol–water partition coefficient (Wildman–Crippen LogP) is 0.605. The van der Waals surface area contributed by atoms with Crippen LogP contribution in [0.4, 0.5) is 4.39 Å². The number of nitrogens with two attached hydrogens (primary N) is 1. The molecular weight excluding hydrogens is 233 g/mol. The van der Waals surface area contributed by atoms with Crippen LogP contribution in [0.5, 0.6) is 0 Å². The lowest BCUT2D eigenvalue weighted by molar-refractivity contribution is -0.128. The van der Waals surface area contributed by atoms with Gasteiger partial charge in [0.05, 0.1) is 6.04 Å². The van der Waals surface area contributed by atoms with Crippen molar-refractivity contribution < 1.29 is 9.18 Å². The fourth-order valence-corrected chi connectivity index (χ4v) is 2.20. The van der Waals surface area contributed by atoms with Gasteiger partial charge in [0.1, 0.15) is 5.82 Å². The number of carbonyl (C=O) groups excluding carboxylic acids is 1. The summed E-state index contributed by atoms with van der Waals surface area (Å²) in [6.45, 7) is 4.26. The normalized spacial score (nSPS) is 20.8. The number of piperazine rings is 1. The molecule has 1 heterocycles. The highest BCUT2D eigenvalue weighted by Crippen LogP contribution is 2.16. The van der Waals surface area contributed by atoms with Gasteiger partial charge < -0.3 is 11.1 Å². The molecule has 0 saturated carbocycles. The number of nitrogens with one attached hydrogen (secondary N) is 1. The molecule has 1 saturated heterocycles. The lowest BCUT2D eigenvalue weighted by Crippen LogP contribution is -2.53. The number of carbonyl (C=O) groups is 1. The molecule has 0 aliphatic carbocycles. The molecule has 18 heavy (non-hydrogen) atoms. The highest BCUT2D eigenvalue weighted by atomic mass is 19.1. The fourth-order valence-electron chi connectivity index (χ4n) is 2.20. The average molecular weight is 251 g/mol. The van der Waals surface area contributed by atoms with Gasteiger partial charge in [-0.25, -0.2) is 4.39 Å². The van der Waals surface area contributed by atoms with E-state index in [4.69, 9.17) is 5.73 Å². The molecule has 98 valence electrons. The molecule has 2 rings (SSSR count). The second kappa shape index (κ2) is 5.46.